The Morgan fingerprint density at radius 3 is 2.75 bits per heavy atom. The molecule has 1 amide bonds. The number of aromatic nitrogens is 3. The largest absolute Gasteiger partial charge is 0.459 e. The summed E-state index contributed by atoms with van der Waals surface area (Å²) >= 11 is 0. The first-order valence-corrected chi connectivity index (χ1v) is 9.36. The van der Waals surface area contributed by atoms with Gasteiger partial charge in [0.15, 0.2) is 11.7 Å². The van der Waals surface area contributed by atoms with Crippen LogP contribution in [-0.2, 0) is 13.0 Å². The number of carbonyl (C=O) groups is 1. The van der Waals surface area contributed by atoms with E-state index in [2.05, 4.69) is 38.1 Å². The van der Waals surface area contributed by atoms with Gasteiger partial charge < -0.3 is 24.9 Å². The first-order chi connectivity index (χ1) is 13.2. The molecule has 0 unspecified atom stereocenters. The Balaban J connectivity index is 0.00000392. The summed E-state index contributed by atoms with van der Waals surface area (Å²) in [6.07, 6.45) is 4.87. The third-order valence-corrected chi connectivity index (χ3v) is 3.96. The molecule has 9 nitrogen and oxygen atoms in total. The van der Waals surface area contributed by atoms with E-state index in [4.69, 9.17) is 4.42 Å². The predicted molar refractivity (Wildman–Crippen MR) is 119 cm³/mol. The van der Waals surface area contributed by atoms with Gasteiger partial charge >= 0.3 is 0 Å². The average Bonchev–Trinajstić information content (AvgIpc) is 3.29. The van der Waals surface area contributed by atoms with Crippen molar-refractivity contribution in [3.05, 3.63) is 35.8 Å². The summed E-state index contributed by atoms with van der Waals surface area (Å²) in [5.41, 5.74) is 0.837. The highest BCUT2D eigenvalue weighted by Gasteiger charge is 2.11. The number of nitrogens with one attached hydrogen (secondary N) is 3. The number of guanidine groups is 1. The van der Waals surface area contributed by atoms with Crippen molar-refractivity contribution in [3.63, 3.8) is 0 Å². The quantitative estimate of drug-likeness (QED) is 0.197. The summed E-state index contributed by atoms with van der Waals surface area (Å²) in [6.45, 7) is 9.38. The molecule has 10 heteroatoms. The molecule has 2 aromatic heterocycles. The molecule has 0 saturated carbocycles. The van der Waals surface area contributed by atoms with Gasteiger partial charge in [-0.2, -0.15) is 0 Å². The Bertz CT molecular complexity index is 742. The smallest absolute Gasteiger partial charge is 0.287 e. The minimum absolute atomic E-state index is 0. The third-order valence-electron chi connectivity index (χ3n) is 3.96. The maximum atomic E-state index is 12.0. The van der Waals surface area contributed by atoms with Crippen molar-refractivity contribution in [1.82, 2.24) is 30.7 Å². The Kier molecular flexibility index (Phi) is 11.2. The molecule has 0 spiro atoms. The van der Waals surface area contributed by atoms with Crippen molar-refractivity contribution in [2.75, 3.05) is 26.2 Å². The van der Waals surface area contributed by atoms with E-state index in [0.29, 0.717) is 18.8 Å². The molecular weight excluding hydrogens is 473 g/mol. The van der Waals surface area contributed by atoms with Crippen LogP contribution in [0.4, 0.5) is 0 Å². The molecule has 0 aliphatic heterocycles. The van der Waals surface area contributed by atoms with Crippen LogP contribution in [0, 0.1) is 6.92 Å². The molecule has 0 aromatic carbocycles. The van der Waals surface area contributed by atoms with Crippen LogP contribution in [0.25, 0.3) is 0 Å². The van der Waals surface area contributed by atoms with Crippen LogP contribution < -0.4 is 16.0 Å². The van der Waals surface area contributed by atoms with Gasteiger partial charge in [-0.05, 0) is 26.3 Å². The van der Waals surface area contributed by atoms with E-state index < -0.39 is 0 Å². The molecule has 3 N–H and O–H groups in total. The normalized spacial score (nSPS) is 11.0. The second kappa shape index (κ2) is 13.1. The second-order valence-corrected chi connectivity index (χ2v) is 6.02. The standard InChI is InChI=1S/C18H29N7O2.HI/c1-4-15-24-23-13-25(15)11-10-22-18(19-5-2)21-9-6-8-20-17(26)16-14(3)7-12-27-16;/h7,12-13H,4-6,8-11H2,1-3H3,(H,20,26)(H2,19,21,22);1H. The number of hydrogen-bond acceptors (Lipinski definition) is 5. The van der Waals surface area contributed by atoms with Crippen molar-refractivity contribution >= 4 is 35.8 Å². The maximum Gasteiger partial charge on any atom is 0.287 e. The number of nitrogens with zero attached hydrogens (tertiary/aromatic N) is 4. The molecule has 0 saturated heterocycles. The lowest BCUT2D eigenvalue weighted by atomic mass is 10.2. The Morgan fingerprint density at radius 2 is 2.07 bits per heavy atom. The summed E-state index contributed by atoms with van der Waals surface area (Å²) in [5, 5.41) is 17.4. The van der Waals surface area contributed by atoms with Crippen molar-refractivity contribution in [2.24, 2.45) is 4.99 Å². The number of halogens is 1. The third kappa shape index (κ3) is 7.49. The fourth-order valence-electron chi connectivity index (χ4n) is 2.53. The molecule has 0 radical (unpaired) electrons. The number of rotatable bonds is 10. The number of aliphatic imine (C=N–C) groups is 1. The van der Waals surface area contributed by atoms with Crippen LogP contribution in [0.15, 0.2) is 28.1 Å². The van der Waals surface area contributed by atoms with E-state index in [0.717, 1.165) is 49.8 Å². The molecule has 2 aromatic rings. The number of furan rings is 1. The number of carbonyl (C=O) groups excluding carboxylic acids is 1. The van der Waals surface area contributed by atoms with Crippen molar-refractivity contribution in [1.29, 1.82) is 0 Å². The highest BCUT2D eigenvalue weighted by atomic mass is 127. The molecule has 156 valence electrons. The van der Waals surface area contributed by atoms with E-state index in [-0.39, 0.29) is 29.9 Å². The van der Waals surface area contributed by atoms with Gasteiger partial charge in [0.25, 0.3) is 5.91 Å². The summed E-state index contributed by atoms with van der Waals surface area (Å²) in [6, 6.07) is 1.77. The highest BCUT2D eigenvalue weighted by Crippen LogP contribution is 2.07. The highest BCUT2D eigenvalue weighted by molar-refractivity contribution is 14.0. The molecule has 2 rings (SSSR count). The van der Waals surface area contributed by atoms with E-state index in [9.17, 15) is 4.79 Å². The van der Waals surface area contributed by atoms with E-state index >= 15 is 0 Å². The van der Waals surface area contributed by atoms with Gasteiger partial charge in [0.1, 0.15) is 12.2 Å². The number of amides is 1. The van der Waals surface area contributed by atoms with Crippen LogP contribution in [-0.4, -0.2) is 52.8 Å². The van der Waals surface area contributed by atoms with Gasteiger partial charge in [0, 0.05) is 44.7 Å². The van der Waals surface area contributed by atoms with Gasteiger partial charge in [-0.25, -0.2) is 0 Å². The van der Waals surface area contributed by atoms with Crippen LogP contribution >= 0.6 is 24.0 Å². The molecular formula is C18H30IN7O2. The van der Waals surface area contributed by atoms with Crippen LogP contribution in [0.5, 0.6) is 0 Å². The predicted octanol–water partition coefficient (Wildman–Crippen LogP) is 1.74. The lowest BCUT2D eigenvalue weighted by molar-refractivity contribution is 0.0925. The maximum absolute atomic E-state index is 12.0. The SMILES string of the molecule is CCNC(=NCCCNC(=O)c1occc1C)NCCn1cnnc1CC.I. The number of hydrogen-bond donors (Lipinski definition) is 3. The minimum atomic E-state index is -0.188. The zero-order chi connectivity index (χ0) is 19.5. The first kappa shape index (κ1) is 23.9. The molecule has 0 fully saturated rings. The van der Waals surface area contributed by atoms with Gasteiger partial charge in [0.05, 0.1) is 6.26 Å². The molecule has 0 aliphatic carbocycles. The Hall–Kier alpha value is -2.11. The van der Waals surface area contributed by atoms with Crippen LogP contribution in [0.1, 0.15) is 42.2 Å². The van der Waals surface area contributed by atoms with Gasteiger partial charge in [-0.1, -0.05) is 6.92 Å². The summed E-state index contributed by atoms with van der Waals surface area (Å²) < 4.78 is 7.20. The molecule has 2 heterocycles. The zero-order valence-corrected chi connectivity index (χ0v) is 19.0. The van der Waals surface area contributed by atoms with Crippen molar-refractivity contribution < 1.29 is 9.21 Å². The second-order valence-electron chi connectivity index (χ2n) is 6.02. The molecule has 0 atom stereocenters. The summed E-state index contributed by atoms with van der Waals surface area (Å²) in [7, 11) is 0. The lowest BCUT2D eigenvalue weighted by Gasteiger charge is -2.12. The van der Waals surface area contributed by atoms with Gasteiger partial charge in [-0.3, -0.25) is 9.79 Å². The Labute approximate surface area is 182 Å². The first-order valence-electron chi connectivity index (χ1n) is 9.36. The Morgan fingerprint density at radius 1 is 1.25 bits per heavy atom. The van der Waals surface area contributed by atoms with Gasteiger partial charge in [0.2, 0.25) is 0 Å². The zero-order valence-electron chi connectivity index (χ0n) is 16.7. The summed E-state index contributed by atoms with van der Waals surface area (Å²) in [5.74, 6) is 1.92. The molecule has 28 heavy (non-hydrogen) atoms. The fraction of sp³-hybridized carbons (Fsp3) is 0.556. The molecule has 0 bridgehead atoms. The van der Waals surface area contributed by atoms with Crippen molar-refractivity contribution in [2.45, 2.75) is 40.2 Å². The lowest BCUT2D eigenvalue weighted by Crippen LogP contribution is -2.39. The van der Waals surface area contributed by atoms with Crippen LogP contribution in [0.3, 0.4) is 0 Å². The van der Waals surface area contributed by atoms with E-state index in [1.807, 2.05) is 18.4 Å². The van der Waals surface area contributed by atoms with E-state index in [1.54, 1.807) is 12.4 Å². The van der Waals surface area contributed by atoms with Gasteiger partial charge in [-0.15, -0.1) is 34.2 Å². The monoisotopic (exact) mass is 503 g/mol. The van der Waals surface area contributed by atoms with Crippen molar-refractivity contribution in [3.8, 4) is 0 Å². The average molecular weight is 503 g/mol. The summed E-state index contributed by atoms with van der Waals surface area (Å²) in [4.78, 5) is 16.5. The van der Waals surface area contributed by atoms with E-state index in [1.165, 1.54) is 6.26 Å². The fourth-order valence-corrected chi connectivity index (χ4v) is 2.53. The number of aryl methyl sites for hydroxylation is 2. The minimum Gasteiger partial charge on any atom is -0.459 e. The molecule has 0 aliphatic rings. The topological polar surface area (TPSA) is 109 Å². The van der Waals surface area contributed by atoms with Crippen LogP contribution in [0.2, 0.25) is 0 Å².